The molecule has 3 aromatic carbocycles. The van der Waals surface area contributed by atoms with Crippen LogP contribution in [0.3, 0.4) is 0 Å². The number of aromatic nitrogens is 2. The van der Waals surface area contributed by atoms with E-state index in [4.69, 9.17) is 9.97 Å². The van der Waals surface area contributed by atoms with E-state index < -0.39 is 0 Å². The zero-order chi connectivity index (χ0) is 27.1. The average Bonchev–Trinajstić information content (AvgIpc) is 2.91. The van der Waals surface area contributed by atoms with Crippen molar-refractivity contribution in [1.82, 2.24) is 9.97 Å². The minimum absolute atomic E-state index is 0.417. The van der Waals surface area contributed by atoms with Gasteiger partial charge >= 0.3 is 0 Å². The second-order valence-corrected chi connectivity index (χ2v) is 11.8. The maximum absolute atomic E-state index is 5.35. The molecular weight excluding hydrogens is 460 g/mol. The van der Waals surface area contributed by atoms with E-state index in [1.807, 2.05) is 0 Å². The van der Waals surface area contributed by atoms with Crippen LogP contribution in [0.15, 0.2) is 72.8 Å². The highest BCUT2D eigenvalue weighted by Gasteiger charge is 2.19. The highest BCUT2D eigenvalue weighted by Crippen LogP contribution is 2.39. The van der Waals surface area contributed by atoms with E-state index in [0.717, 1.165) is 33.2 Å². The Kier molecular flexibility index (Phi) is 7.09. The molecule has 0 unspecified atom stereocenters. The van der Waals surface area contributed by atoms with Crippen LogP contribution in [0.5, 0.6) is 0 Å². The molecule has 2 nitrogen and oxygen atoms in total. The first kappa shape index (κ1) is 26.1. The van der Waals surface area contributed by atoms with Gasteiger partial charge in [0.15, 0.2) is 0 Å². The van der Waals surface area contributed by atoms with Crippen LogP contribution >= 0.6 is 0 Å². The summed E-state index contributed by atoms with van der Waals surface area (Å²) in [5, 5.41) is 2.25. The van der Waals surface area contributed by atoms with E-state index >= 15 is 0 Å². The largest absolute Gasteiger partial charge is 0.245 e. The summed E-state index contributed by atoms with van der Waals surface area (Å²) in [6, 6.07) is 26.6. The van der Waals surface area contributed by atoms with Gasteiger partial charge in [0.2, 0.25) is 0 Å². The van der Waals surface area contributed by atoms with Gasteiger partial charge in [0.05, 0.1) is 22.4 Å². The molecule has 0 amide bonds. The summed E-state index contributed by atoms with van der Waals surface area (Å²) in [4.78, 5) is 10.7. The van der Waals surface area contributed by atoms with Crippen molar-refractivity contribution in [3.05, 3.63) is 95.1 Å². The van der Waals surface area contributed by atoms with Crippen molar-refractivity contribution in [3.63, 3.8) is 0 Å². The third-order valence-electron chi connectivity index (χ3n) is 7.78. The summed E-state index contributed by atoms with van der Waals surface area (Å²) in [6.45, 7) is 18.2. The minimum atomic E-state index is 0.417. The Morgan fingerprint density at radius 1 is 0.395 bits per heavy atom. The third-order valence-corrected chi connectivity index (χ3v) is 7.78. The van der Waals surface area contributed by atoms with Crippen molar-refractivity contribution in [2.45, 2.75) is 79.1 Å². The van der Waals surface area contributed by atoms with Gasteiger partial charge in [-0.1, -0.05) is 116 Å². The van der Waals surface area contributed by atoms with E-state index in [1.54, 1.807) is 0 Å². The highest BCUT2D eigenvalue weighted by atomic mass is 14.8. The molecule has 0 aliphatic rings. The normalized spacial score (nSPS) is 12.1. The Morgan fingerprint density at radius 3 is 0.974 bits per heavy atom. The molecule has 0 bridgehead atoms. The molecule has 0 aliphatic carbocycles. The quantitative estimate of drug-likeness (QED) is 0.217. The number of pyridine rings is 2. The van der Waals surface area contributed by atoms with Crippen LogP contribution in [0.2, 0.25) is 0 Å². The predicted octanol–water partition coefficient (Wildman–Crippen LogP) is 10.6. The van der Waals surface area contributed by atoms with Gasteiger partial charge in [-0.15, -0.1) is 0 Å². The standard InChI is InChI=1S/C36H40N2/c1-21(2)27-11-9-12-28(22(3)4)33(27)31-19-17-25-15-16-26-18-20-32(38-36(26)35(25)37-31)34-29(23(5)6)13-10-14-30(34)24(7)8/h9-24H,1-8H3. The van der Waals surface area contributed by atoms with Crippen molar-refractivity contribution in [3.8, 4) is 22.5 Å². The highest BCUT2D eigenvalue weighted by molar-refractivity contribution is 6.04. The molecule has 2 heterocycles. The van der Waals surface area contributed by atoms with Crippen LogP contribution in [0.25, 0.3) is 44.3 Å². The topological polar surface area (TPSA) is 25.8 Å². The van der Waals surface area contributed by atoms with Crippen LogP contribution in [-0.4, -0.2) is 9.97 Å². The van der Waals surface area contributed by atoms with Crippen molar-refractivity contribution in [1.29, 1.82) is 0 Å². The van der Waals surface area contributed by atoms with E-state index in [-0.39, 0.29) is 0 Å². The Bertz CT molecular complexity index is 1450. The lowest BCUT2D eigenvalue weighted by Gasteiger charge is -2.20. The number of fused-ring (bicyclic) bond motifs is 3. The number of hydrogen-bond donors (Lipinski definition) is 0. The second kappa shape index (κ2) is 10.3. The Hall–Kier alpha value is -3.52. The molecule has 5 aromatic rings. The number of rotatable bonds is 6. The molecule has 0 spiro atoms. The van der Waals surface area contributed by atoms with Crippen molar-refractivity contribution in [2.75, 3.05) is 0 Å². The molecule has 0 N–H and O–H groups in total. The maximum atomic E-state index is 5.35. The Labute approximate surface area is 228 Å². The van der Waals surface area contributed by atoms with Gasteiger partial charge in [-0.25, -0.2) is 9.97 Å². The molecular formula is C36H40N2. The fourth-order valence-corrected chi connectivity index (χ4v) is 5.74. The molecule has 0 atom stereocenters. The van der Waals surface area contributed by atoms with E-state index in [2.05, 4.69) is 128 Å². The minimum Gasteiger partial charge on any atom is -0.245 e. The third kappa shape index (κ3) is 4.62. The number of benzene rings is 3. The lowest BCUT2D eigenvalue weighted by Crippen LogP contribution is -2.02. The number of nitrogens with zero attached hydrogens (tertiary/aromatic N) is 2. The van der Waals surface area contributed by atoms with Gasteiger partial charge < -0.3 is 0 Å². The van der Waals surface area contributed by atoms with Gasteiger partial charge in [-0.3, -0.25) is 0 Å². The molecule has 194 valence electrons. The van der Waals surface area contributed by atoms with Crippen LogP contribution in [0, 0.1) is 0 Å². The lowest BCUT2D eigenvalue weighted by atomic mass is 9.86. The van der Waals surface area contributed by atoms with Crippen molar-refractivity contribution >= 4 is 21.8 Å². The molecule has 2 aromatic heterocycles. The van der Waals surface area contributed by atoms with Crippen molar-refractivity contribution in [2.24, 2.45) is 0 Å². The zero-order valence-corrected chi connectivity index (χ0v) is 24.1. The first-order chi connectivity index (χ1) is 18.2. The molecule has 38 heavy (non-hydrogen) atoms. The first-order valence-corrected chi connectivity index (χ1v) is 14.1. The molecule has 0 saturated heterocycles. The van der Waals surface area contributed by atoms with Gasteiger partial charge in [0.1, 0.15) is 0 Å². The molecule has 0 radical (unpaired) electrons. The van der Waals surface area contributed by atoms with Crippen molar-refractivity contribution < 1.29 is 0 Å². The first-order valence-electron chi connectivity index (χ1n) is 14.1. The summed E-state index contributed by atoms with van der Waals surface area (Å²) in [5.74, 6) is 1.67. The van der Waals surface area contributed by atoms with Gasteiger partial charge in [-0.2, -0.15) is 0 Å². The lowest BCUT2D eigenvalue weighted by molar-refractivity contribution is 0.836. The van der Waals surface area contributed by atoms with E-state index in [9.17, 15) is 0 Å². The van der Waals surface area contributed by atoms with E-state index in [1.165, 1.54) is 33.4 Å². The summed E-state index contributed by atoms with van der Waals surface area (Å²) in [7, 11) is 0. The maximum Gasteiger partial charge on any atom is 0.0972 e. The van der Waals surface area contributed by atoms with Gasteiger partial charge in [0, 0.05) is 21.9 Å². The molecule has 0 fully saturated rings. The Morgan fingerprint density at radius 2 is 0.684 bits per heavy atom. The van der Waals surface area contributed by atoms with Crippen LogP contribution < -0.4 is 0 Å². The Balaban J connectivity index is 1.80. The zero-order valence-electron chi connectivity index (χ0n) is 24.1. The summed E-state index contributed by atoms with van der Waals surface area (Å²) in [5.41, 5.74) is 12.0. The van der Waals surface area contributed by atoms with E-state index in [0.29, 0.717) is 23.7 Å². The molecule has 0 aliphatic heterocycles. The molecule has 2 heteroatoms. The second-order valence-electron chi connectivity index (χ2n) is 11.8. The van der Waals surface area contributed by atoms with Gasteiger partial charge in [-0.05, 0) is 58.1 Å². The fraction of sp³-hybridized carbons (Fsp3) is 0.333. The number of hydrogen-bond acceptors (Lipinski definition) is 2. The average molecular weight is 501 g/mol. The van der Waals surface area contributed by atoms with Gasteiger partial charge in [0.25, 0.3) is 0 Å². The van der Waals surface area contributed by atoms with Crippen LogP contribution in [0.1, 0.15) is 101 Å². The summed E-state index contributed by atoms with van der Waals surface area (Å²) in [6.07, 6.45) is 0. The molecule has 5 rings (SSSR count). The fourth-order valence-electron chi connectivity index (χ4n) is 5.74. The van der Waals surface area contributed by atoms with Crippen LogP contribution in [-0.2, 0) is 0 Å². The smallest absolute Gasteiger partial charge is 0.0972 e. The predicted molar refractivity (Wildman–Crippen MR) is 164 cm³/mol. The summed E-state index contributed by atoms with van der Waals surface area (Å²) < 4.78 is 0. The van der Waals surface area contributed by atoms with Crippen LogP contribution in [0.4, 0.5) is 0 Å². The molecule has 0 saturated carbocycles. The SMILES string of the molecule is CC(C)c1cccc(C(C)C)c1-c1ccc2ccc3ccc(-c4c(C(C)C)cccc4C(C)C)nc3c2n1. The monoisotopic (exact) mass is 500 g/mol. The summed E-state index contributed by atoms with van der Waals surface area (Å²) >= 11 is 0.